The van der Waals surface area contributed by atoms with Crippen LogP contribution in [0.15, 0.2) is 18.2 Å². The average molecular weight is 230 g/mol. The lowest BCUT2D eigenvalue weighted by atomic mass is 10.2. The monoisotopic (exact) mass is 230 g/mol. The number of hydrogen-bond acceptors (Lipinski definition) is 3. The lowest BCUT2D eigenvalue weighted by Crippen LogP contribution is -2.08. The number of halogens is 1. The summed E-state index contributed by atoms with van der Waals surface area (Å²) < 4.78 is 23.4. The SMILES string of the molecule is Cc1cc(F)ccc1OCCOCCS. The molecule has 0 bridgehead atoms. The number of benzene rings is 1. The van der Waals surface area contributed by atoms with Gasteiger partial charge >= 0.3 is 0 Å². The van der Waals surface area contributed by atoms with E-state index in [1.165, 1.54) is 12.1 Å². The zero-order chi connectivity index (χ0) is 11.1. The summed E-state index contributed by atoms with van der Waals surface area (Å²) in [6.07, 6.45) is 0. The molecule has 1 aromatic rings. The normalized spacial score (nSPS) is 10.3. The van der Waals surface area contributed by atoms with E-state index in [9.17, 15) is 4.39 Å². The Bertz CT molecular complexity index is 305. The largest absolute Gasteiger partial charge is 0.491 e. The van der Waals surface area contributed by atoms with Gasteiger partial charge in [0, 0.05) is 5.75 Å². The van der Waals surface area contributed by atoms with E-state index >= 15 is 0 Å². The molecule has 0 N–H and O–H groups in total. The molecule has 0 spiro atoms. The predicted octanol–water partition coefficient (Wildman–Crippen LogP) is 2.46. The number of aryl methyl sites for hydroxylation is 1. The van der Waals surface area contributed by atoms with Crippen LogP contribution in [-0.4, -0.2) is 25.6 Å². The van der Waals surface area contributed by atoms with Gasteiger partial charge in [-0.25, -0.2) is 4.39 Å². The Balaban J connectivity index is 2.31. The van der Waals surface area contributed by atoms with Gasteiger partial charge in [0.25, 0.3) is 0 Å². The molecule has 1 rings (SSSR count). The van der Waals surface area contributed by atoms with Crippen molar-refractivity contribution in [2.45, 2.75) is 6.92 Å². The molecule has 0 radical (unpaired) electrons. The first kappa shape index (κ1) is 12.3. The van der Waals surface area contributed by atoms with Crippen molar-refractivity contribution >= 4 is 12.6 Å². The summed E-state index contributed by atoms with van der Waals surface area (Å²) in [5.74, 6) is 1.16. The second-order valence-corrected chi connectivity index (χ2v) is 3.54. The van der Waals surface area contributed by atoms with Gasteiger partial charge in [-0.2, -0.15) is 12.6 Å². The first-order valence-corrected chi connectivity index (χ1v) is 5.45. The minimum atomic E-state index is -0.244. The van der Waals surface area contributed by atoms with Gasteiger partial charge in [0.05, 0.1) is 13.2 Å². The highest BCUT2D eigenvalue weighted by molar-refractivity contribution is 7.80. The van der Waals surface area contributed by atoms with E-state index in [-0.39, 0.29) is 5.82 Å². The van der Waals surface area contributed by atoms with Gasteiger partial charge in [0.1, 0.15) is 18.2 Å². The predicted molar refractivity (Wildman–Crippen MR) is 61.3 cm³/mol. The van der Waals surface area contributed by atoms with Gasteiger partial charge in [-0.05, 0) is 30.7 Å². The molecule has 4 heteroatoms. The van der Waals surface area contributed by atoms with Crippen molar-refractivity contribution in [1.82, 2.24) is 0 Å². The van der Waals surface area contributed by atoms with Crippen molar-refractivity contribution in [2.75, 3.05) is 25.6 Å². The highest BCUT2D eigenvalue weighted by Crippen LogP contribution is 2.17. The fourth-order valence-corrected chi connectivity index (χ4v) is 1.28. The Morgan fingerprint density at radius 2 is 2.07 bits per heavy atom. The van der Waals surface area contributed by atoms with Crippen LogP contribution in [0.1, 0.15) is 5.56 Å². The van der Waals surface area contributed by atoms with Gasteiger partial charge in [0.2, 0.25) is 0 Å². The van der Waals surface area contributed by atoms with E-state index in [2.05, 4.69) is 12.6 Å². The van der Waals surface area contributed by atoms with Crippen molar-refractivity contribution in [3.05, 3.63) is 29.6 Å². The van der Waals surface area contributed by atoms with Crippen LogP contribution in [0.3, 0.4) is 0 Å². The number of ether oxygens (including phenoxy) is 2. The Labute approximate surface area is 94.8 Å². The minimum absolute atomic E-state index is 0.244. The lowest BCUT2D eigenvalue weighted by molar-refractivity contribution is 0.112. The summed E-state index contributed by atoms with van der Waals surface area (Å²) in [6, 6.07) is 4.46. The summed E-state index contributed by atoms with van der Waals surface area (Å²) in [5.41, 5.74) is 0.796. The van der Waals surface area contributed by atoms with E-state index in [0.29, 0.717) is 31.3 Å². The van der Waals surface area contributed by atoms with Crippen LogP contribution in [0, 0.1) is 12.7 Å². The molecule has 0 atom stereocenters. The summed E-state index contributed by atoms with van der Waals surface area (Å²) in [7, 11) is 0. The molecule has 0 amide bonds. The summed E-state index contributed by atoms with van der Waals surface area (Å²) in [6.45, 7) is 3.43. The second-order valence-electron chi connectivity index (χ2n) is 3.09. The molecule has 15 heavy (non-hydrogen) atoms. The number of rotatable bonds is 6. The third-order valence-electron chi connectivity index (χ3n) is 1.86. The van der Waals surface area contributed by atoms with Crippen LogP contribution >= 0.6 is 12.6 Å². The fraction of sp³-hybridized carbons (Fsp3) is 0.455. The maximum atomic E-state index is 12.7. The molecule has 0 aliphatic carbocycles. The van der Waals surface area contributed by atoms with Crippen LogP contribution in [0.2, 0.25) is 0 Å². The van der Waals surface area contributed by atoms with Crippen molar-refractivity contribution in [2.24, 2.45) is 0 Å². The van der Waals surface area contributed by atoms with E-state index in [0.717, 1.165) is 5.56 Å². The van der Waals surface area contributed by atoms with Crippen LogP contribution in [0.5, 0.6) is 5.75 Å². The molecule has 1 aromatic carbocycles. The van der Waals surface area contributed by atoms with Gasteiger partial charge in [0.15, 0.2) is 0 Å². The molecule has 0 aliphatic rings. The second kappa shape index (κ2) is 6.69. The van der Waals surface area contributed by atoms with Crippen LogP contribution in [0.4, 0.5) is 4.39 Å². The zero-order valence-electron chi connectivity index (χ0n) is 8.70. The first-order chi connectivity index (χ1) is 7.24. The van der Waals surface area contributed by atoms with Crippen molar-refractivity contribution in [3.8, 4) is 5.75 Å². The smallest absolute Gasteiger partial charge is 0.123 e. The molecule has 0 saturated heterocycles. The molecule has 0 aliphatic heterocycles. The van der Waals surface area contributed by atoms with E-state index < -0.39 is 0 Å². The van der Waals surface area contributed by atoms with Gasteiger partial charge < -0.3 is 9.47 Å². The van der Waals surface area contributed by atoms with Crippen molar-refractivity contribution in [3.63, 3.8) is 0 Å². The first-order valence-electron chi connectivity index (χ1n) is 4.81. The van der Waals surface area contributed by atoms with Gasteiger partial charge in [-0.1, -0.05) is 0 Å². The Hall–Kier alpha value is -0.740. The molecule has 2 nitrogen and oxygen atoms in total. The van der Waals surface area contributed by atoms with Crippen molar-refractivity contribution in [1.29, 1.82) is 0 Å². The van der Waals surface area contributed by atoms with Gasteiger partial charge in [-0.15, -0.1) is 0 Å². The third kappa shape index (κ3) is 4.53. The molecule has 0 fully saturated rings. The molecular weight excluding hydrogens is 215 g/mol. The molecule has 84 valence electrons. The van der Waals surface area contributed by atoms with E-state index in [1.54, 1.807) is 6.07 Å². The molecule has 0 saturated carbocycles. The third-order valence-corrected chi connectivity index (χ3v) is 2.04. The maximum Gasteiger partial charge on any atom is 0.123 e. The van der Waals surface area contributed by atoms with Gasteiger partial charge in [-0.3, -0.25) is 0 Å². The Morgan fingerprint density at radius 3 is 2.73 bits per heavy atom. The lowest BCUT2D eigenvalue weighted by Gasteiger charge is -2.08. The van der Waals surface area contributed by atoms with Crippen LogP contribution in [-0.2, 0) is 4.74 Å². The van der Waals surface area contributed by atoms with Crippen molar-refractivity contribution < 1.29 is 13.9 Å². The number of hydrogen-bond donors (Lipinski definition) is 1. The Morgan fingerprint density at radius 1 is 1.27 bits per heavy atom. The molecular formula is C11H15FO2S. The molecule has 0 aromatic heterocycles. The average Bonchev–Trinajstić information content (AvgIpc) is 2.20. The van der Waals surface area contributed by atoms with E-state index in [1.807, 2.05) is 6.92 Å². The summed E-state index contributed by atoms with van der Waals surface area (Å²) >= 11 is 4.01. The standard InChI is InChI=1S/C11H15FO2S/c1-9-8-10(12)2-3-11(9)14-5-4-13-6-7-15/h2-3,8,15H,4-7H2,1H3. The quantitative estimate of drug-likeness (QED) is 0.598. The zero-order valence-corrected chi connectivity index (χ0v) is 9.60. The topological polar surface area (TPSA) is 18.5 Å². The molecule has 0 unspecified atom stereocenters. The summed E-state index contributed by atoms with van der Waals surface area (Å²) in [5, 5.41) is 0. The van der Waals surface area contributed by atoms with Crippen LogP contribution < -0.4 is 4.74 Å². The maximum absolute atomic E-state index is 12.7. The fourth-order valence-electron chi connectivity index (χ4n) is 1.15. The highest BCUT2D eigenvalue weighted by atomic mass is 32.1. The Kier molecular flexibility index (Phi) is 5.50. The van der Waals surface area contributed by atoms with E-state index in [4.69, 9.17) is 9.47 Å². The highest BCUT2D eigenvalue weighted by Gasteiger charge is 2.00. The summed E-state index contributed by atoms with van der Waals surface area (Å²) in [4.78, 5) is 0. The molecule has 0 heterocycles. The number of thiol groups is 1. The minimum Gasteiger partial charge on any atom is -0.491 e. The van der Waals surface area contributed by atoms with Crippen LogP contribution in [0.25, 0.3) is 0 Å².